The van der Waals surface area contributed by atoms with Crippen molar-refractivity contribution in [2.45, 2.75) is 0 Å². The van der Waals surface area contributed by atoms with Gasteiger partial charge in [-0.15, -0.1) is 0 Å². The number of hydrogen-bond acceptors (Lipinski definition) is 0. The fraction of sp³-hybridized carbons (Fsp3) is 0. The summed E-state index contributed by atoms with van der Waals surface area (Å²) in [6.07, 6.45) is 0. The summed E-state index contributed by atoms with van der Waals surface area (Å²) in [5.74, 6) is 1.72. The van der Waals surface area contributed by atoms with E-state index in [4.69, 9.17) is 4.42 Å². The maximum Gasteiger partial charge on any atom is 0.673 e. The molecule has 1 aromatic heterocycles. The molecule has 1 heterocycles. The molecule has 4 rings (SSSR count). The van der Waals surface area contributed by atoms with Crippen LogP contribution in [0.3, 0.4) is 0 Å². The lowest BCUT2D eigenvalue weighted by Gasteiger charge is -2.02. The van der Waals surface area contributed by atoms with Crippen LogP contribution in [0.5, 0.6) is 0 Å². The van der Waals surface area contributed by atoms with E-state index in [0.29, 0.717) is 0 Å². The first-order valence-electron chi connectivity index (χ1n) is 9.02. The van der Waals surface area contributed by atoms with Gasteiger partial charge in [0.05, 0.1) is 23.3 Å². The second-order valence-corrected chi connectivity index (χ2v) is 7.22. The molecule has 0 aliphatic carbocycles. The summed E-state index contributed by atoms with van der Waals surface area (Å²) in [6.45, 7) is 0. The highest BCUT2D eigenvalue weighted by molar-refractivity contribution is 9.10. The zero-order chi connectivity index (χ0) is 21.6. The van der Waals surface area contributed by atoms with E-state index in [9.17, 15) is 17.3 Å². The first-order chi connectivity index (χ1) is 14.3. The van der Waals surface area contributed by atoms with Crippen molar-refractivity contribution in [2.75, 3.05) is 0 Å². The minimum Gasteiger partial charge on any atom is -0.418 e. The second kappa shape index (κ2) is 9.72. The smallest absolute Gasteiger partial charge is 0.418 e. The van der Waals surface area contributed by atoms with E-state index >= 15 is 0 Å². The number of rotatable bonds is 3. The van der Waals surface area contributed by atoms with Gasteiger partial charge >= 0.3 is 18.8 Å². The van der Waals surface area contributed by atoms with Crippen LogP contribution in [-0.2, 0) is 0 Å². The molecule has 1 nitrogen and oxygen atoms in total. The van der Waals surface area contributed by atoms with Crippen LogP contribution in [0.1, 0.15) is 0 Å². The molecule has 0 fully saturated rings. The predicted molar refractivity (Wildman–Crippen MR) is 117 cm³/mol. The molecule has 0 aliphatic rings. The summed E-state index contributed by atoms with van der Waals surface area (Å²) in [7, 11) is -6.00. The maximum absolute atomic E-state index is 9.75. The second-order valence-electron chi connectivity index (χ2n) is 6.31. The van der Waals surface area contributed by atoms with Gasteiger partial charge in [0.25, 0.3) is 0 Å². The molecule has 0 N–H and O–H groups in total. The lowest BCUT2D eigenvalue weighted by atomic mass is 10.0. The van der Waals surface area contributed by atoms with Crippen molar-refractivity contribution in [3.8, 4) is 33.8 Å². The maximum atomic E-state index is 9.75. The van der Waals surface area contributed by atoms with Crippen molar-refractivity contribution in [3.05, 3.63) is 102 Å². The highest BCUT2D eigenvalue weighted by atomic mass is 79.9. The molecule has 0 amide bonds. The quantitative estimate of drug-likeness (QED) is 0.164. The largest absolute Gasteiger partial charge is 0.673 e. The van der Waals surface area contributed by atoms with E-state index in [1.54, 1.807) is 0 Å². The SMILES string of the molecule is Brc1ccc(-c2cc(-c3ccccc3)[o+]c(-c3ccccc3)c2)cc1.F[B-](F)(F)F. The molecule has 4 aromatic rings. The summed E-state index contributed by atoms with van der Waals surface area (Å²) >= 11 is 3.50. The first kappa shape index (κ1) is 21.8. The summed E-state index contributed by atoms with van der Waals surface area (Å²) in [6, 6.07) is 33.0. The molecule has 3 aromatic carbocycles. The Bertz CT molecular complexity index is 1020. The van der Waals surface area contributed by atoms with Gasteiger partial charge in [-0.1, -0.05) is 64.5 Å². The van der Waals surface area contributed by atoms with Gasteiger partial charge in [0.1, 0.15) is 0 Å². The van der Waals surface area contributed by atoms with Crippen LogP contribution in [0.15, 0.2) is 106 Å². The highest BCUT2D eigenvalue weighted by Crippen LogP contribution is 2.33. The van der Waals surface area contributed by atoms with E-state index < -0.39 is 7.25 Å². The van der Waals surface area contributed by atoms with Gasteiger partial charge in [0, 0.05) is 10.0 Å². The van der Waals surface area contributed by atoms with Crippen LogP contribution in [0, 0.1) is 0 Å². The Kier molecular flexibility index (Phi) is 7.05. The van der Waals surface area contributed by atoms with Crippen LogP contribution in [0.4, 0.5) is 17.3 Å². The Morgan fingerprint density at radius 1 is 0.533 bits per heavy atom. The molecule has 0 saturated heterocycles. The summed E-state index contributed by atoms with van der Waals surface area (Å²) in [4.78, 5) is 0. The fourth-order valence-corrected chi connectivity index (χ4v) is 3.06. The van der Waals surface area contributed by atoms with Gasteiger partial charge in [0.15, 0.2) is 0 Å². The number of benzene rings is 3. The molecular formula is C23H16BBrF4O. The van der Waals surface area contributed by atoms with E-state index in [1.807, 2.05) is 36.4 Å². The van der Waals surface area contributed by atoms with E-state index in [-0.39, 0.29) is 0 Å². The molecule has 0 spiro atoms. The Balaban J connectivity index is 0.000000461. The Hall–Kier alpha value is -2.93. The topological polar surface area (TPSA) is 11.3 Å². The van der Waals surface area contributed by atoms with Crippen LogP contribution >= 0.6 is 15.9 Å². The monoisotopic (exact) mass is 474 g/mol. The minimum absolute atomic E-state index is 0.861. The molecule has 0 bridgehead atoms. The lowest BCUT2D eigenvalue weighted by Crippen LogP contribution is -2.02. The van der Waals surface area contributed by atoms with Gasteiger partial charge in [0.2, 0.25) is 0 Å². The van der Waals surface area contributed by atoms with Crippen LogP contribution in [-0.4, -0.2) is 7.25 Å². The van der Waals surface area contributed by atoms with Crippen molar-refractivity contribution in [3.63, 3.8) is 0 Å². The molecule has 0 aliphatic heterocycles. The lowest BCUT2D eigenvalue weighted by molar-refractivity contribution is 0.368. The van der Waals surface area contributed by atoms with Crippen molar-refractivity contribution in [2.24, 2.45) is 0 Å². The minimum atomic E-state index is -6.00. The molecule has 30 heavy (non-hydrogen) atoms. The molecule has 0 saturated carbocycles. The zero-order valence-corrected chi connectivity index (χ0v) is 17.2. The van der Waals surface area contributed by atoms with Gasteiger partial charge < -0.3 is 17.3 Å². The van der Waals surface area contributed by atoms with Crippen molar-refractivity contribution in [1.29, 1.82) is 0 Å². The zero-order valence-electron chi connectivity index (χ0n) is 15.6. The fourth-order valence-electron chi connectivity index (χ4n) is 2.80. The summed E-state index contributed by atoms with van der Waals surface area (Å²) in [5.41, 5.74) is 4.43. The Labute approximate surface area is 180 Å². The average molecular weight is 475 g/mol. The molecule has 152 valence electrons. The van der Waals surface area contributed by atoms with E-state index in [2.05, 4.69) is 76.6 Å². The molecule has 7 heteroatoms. The van der Waals surface area contributed by atoms with Crippen LogP contribution in [0.25, 0.3) is 33.8 Å². The van der Waals surface area contributed by atoms with Gasteiger partial charge in [-0.2, -0.15) is 0 Å². The Morgan fingerprint density at radius 2 is 0.933 bits per heavy atom. The number of halogens is 5. The molecule has 0 atom stereocenters. The van der Waals surface area contributed by atoms with Crippen molar-refractivity contribution in [1.82, 2.24) is 0 Å². The van der Waals surface area contributed by atoms with Gasteiger partial charge in [-0.25, -0.2) is 4.42 Å². The normalized spacial score (nSPS) is 10.8. The van der Waals surface area contributed by atoms with Gasteiger partial charge in [-0.05, 0) is 42.0 Å². The Morgan fingerprint density at radius 3 is 1.33 bits per heavy atom. The third kappa shape index (κ3) is 6.56. The van der Waals surface area contributed by atoms with E-state index in [1.165, 1.54) is 0 Å². The third-order valence-corrected chi connectivity index (χ3v) is 4.62. The first-order valence-corrected chi connectivity index (χ1v) is 9.81. The highest BCUT2D eigenvalue weighted by Gasteiger charge is 2.21. The average Bonchev–Trinajstić information content (AvgIpc) is 2.74. The van der Waals surface area contributed by atoms with E-state index in [0.717, 1.165) is 38.2 Å². The van der Waals surface area contributed by atoms with Gasteiger partial charge in [-0.3, -0.25) is 0 Å². The van der Waals surface area contributed by atoms with Crippen LogP contribution < -0.4 is 0 Å². The summed E-state index contributed by atoms with van der Waals surface area (Å²) in [5, 5.41) is 0. The molecule has 0 unspecified atom stereocenters. The third-order valence-electron chi connectivity index (χ3n) is 4.09. The number of hydrogen-bond donors (Lipinski definition) is 0. The molecule has 0 radical (unpaired) electrons. The van der Waals surface area contributed by atoms with Crippen molar-refractivity contribution >= 4 is 23.2 Å². The standard InChI is InChI=1S/C23H16BrO.BF4/c24-21-13-11-17(12-14-21)20-15-22(18-7-3-1-4-8-18)25-23(16-20)19-9-5-2-6-10-19;2-1(3,4)5/h1-16H;/q+1;-1. The van der Waals surface area contributed by atoms with Crippen molar-refractivity contribution < 1.29 is 21.7 Å². The molecular weight excluding hydrogens is 459 g/mol. The van der Waals surface area contributed by atoms with Crippen LogP contribution in [0.2, 0.25) is 0 Å². The predicted octanol–water partition coefficient (Wildman–Crippen LogP) is 8.62. The summed E-state index contributed by atoms with van der Waals surface area (Å²) < 4.78 is 46.3.